The number of aryl methyl sites for hydroxylation is 2. The average molecular weight is 337 g/mol. The first kappa shape index (κ1) is 15.2. The number of nitrogens with two attached hydrogens (primary N) is 1. The fourth-order valence-corrected chi connectivity index (χ4v) is 3.14. The lowest BCUT2D eigenvalue weighted by Gasteiger charge is -2.16. The molecular weight excluding hydrogens is 316 g/mol. The molecule has 0 radical (unpaired) electrons. The molecule has 2 rings (SSSR count). The molecule has 1 unspecified atom stereocenters. The molecule has 5 heteroatoms. The molecular formula is C15H21BrN4. The molecule has 0 bridgehead atoms. The van der Waals surface area contributed by atoms with Gasteiger partial charge < -0.3 is 0 Å². The summed E-state index contributed by atoms with van der Waals surface area (Å²) in [5, 5.41) is 4.52. The van der Waals surface area contributed by atoms with Crippen molar-refractivity contribution >= 4 is 15.9 Å². The van der Waals surface area contributed by atoms with Gasteiger partial charge in [0.05, 0.1) is 15.9 Å². The molecule has 1 aromatic carbocycles. The molecule has 108 valence electrons. The van der Waals surface area contributed by atoms with Crippen LogP contribution in [0.5, 0.6) is 0 Å². The van der Waals surface area contributed by atoms with Crippen molar-refractivity contribution in [3.8, 4) is 0 Å². The topological polar surface area (TPSA) is 55.9 Å². The van der Waals surface area contributed by atoms with Crippen LogP contribution in [0.1, 0.15) is 23.9 Å². The van der Waals surface area contributed by atoms with Crippen molar-refractivity contribution in [3.05, 3.63) is 51.8 Å². The van der Waals surface area contributed by atoms with Crippen molar-refractivity contribution in [1.82, 2.24) is 15.2 Å². The molecule has 0 amide bonds. The number of halogens is 1. The van der Waals surface area contributed by atoms with Crippen LogP contribution in [0.3, 0.4) is 0 Å². The highest BCUT2D eigenvalue weighted by atomic mass is 79.9. The lowest BCUT2D eigenvalue weighted by molar-refractivity contribution is 0.504. The van der Waals surface area contributed by atoms with Crippen LogP contribution in [0.4, 0.5) is 0 Å². The summed E-state index contributed by atoms with van der Waals surface area (Å²) in [6.07, 6.45) is 2.67. The maximum absolute atomic E-state index is 5.71. The van der Waals surface area contributed by atoms with Crippen molar-refractivity contribution in [2.45, 2.75) is 32.2 Å². The average Bonchev–Trinajstić information content (AvgIpc) is 2.74. The van der Waals surface area contributed by atoms with E-state index in [0.717, 1.165) is 29.4 Å². The van der Waals surface area contributed by atoms with Gasteiger partial charge in [-0.3, -0.25) is 16.0 Å². The normalized spacial score (nSPS) is 12.6. The van der Waals surface area contributed by atoms with Crippen molar-refractivity contribution in [1.29, 1.82) is 0 Å². The van der Waals surface area contributed by atoms with Gasteiger partial charge in [-0.15, -0.1) is 0 Å². The van der Waals surface area contributed by atoms with Crippen molar-refractivity contribution in [2.75, 3.05) is 0 Å². The number of hydrazine groups is 1. The number of nitrogens with zero attached hydrogens (tertiary/aromatic N) is 2. The standard InChI is InChI=1S/C15H21BrN4/c1-3-13-15(16)14(20(2)19-13)10-12(18-17)9-11-7-5-4-6-8-11/h4-8,12,18H,3,9-10,17H2,1-2H3. The third kappa shape index (κ3) is 3.48. The van der Waals surface area contributed by atoms with E-state index in [1.165, 1.54) is 11.3 Å². The van der Waals surface area contributed by atoms with Gasteiger partial charge in [0.15, 0.2) is 0 Å². The lowest BCUT2D eigenvalue weighted by Crippen LogP contribution is -2.39. The molecule has 1 heterocycles. The lowest BCUT2D eigenvalue weighted by atomic mass is 10.0. The first-order valence-corrected chi connectivity index (χ1v) is 7.65. The first-order chi connectivity index (χ1) is 9.65. The second kappa shape index (κ2) is 7.02. The Hall–Kier alpha value is -1.17. The van der Waals surface area contributed by atoms with Crippen LogP contribution in [0.2, 0.25) is 0 Å². The monoisotopic (exact) mass is 336 g/mol. The van der Waals surface area contributed by atoms with Crippen molar-refractivity contribution in [2.24, 2.45) is 12.9 Å². The highest BCUT2D eigenvalue weighted by Gasteiger charge is 2.17. The Balaban J connectivity index is 2.12. The van der Waals surface area contributed by atoms with E-state index in [1.807, 2.05) is 17.8 Å². The van der Waals surface area contributed by atoms with E-state index < -0.39 is 0 Å². The minimum absolute atomic E-state index is 0.189. The van der Waals surface area contributed by atoms with E-state index in [0.29, 0.717) is 0 Å². The maximum Gasteiger partial charge on any atom is 0.0766 e. The van der Waals surface area contributed by atoms with Gasteiger partial charge in [-0.2, -0.15) is 5.10 Å². The summed E-state index contributed by atoms with van der Waals surface area (Å²) in [5.41, 5.74) is 6.48. The zero-order valence-corrected chi connectivity index (χ0v) is 13.5. The SMILES string of the molecule is CCc1nn(C)c(CC(Cc2ccccc2)NN)c1Br. The Bertz CT molecular complexity index is 551. The van der Waals surface area contributed by atoms with Crippen LogP contribution in [0.15, 0.2) is 34.8 Å². The summed E-state index contributed by atoms with van der Waals surface area (Å²) < 4.78 is 3.05. The van der Waals surface area contributed by atoms with Crippen LogP contribution < -0.4 is 11.3 Å². The van der Waals surface area contributed by atoms with E-state index in [2.05, 4.69) is 57.6 Å². The Labute approximate surface area is 128 Å². The minimum Gasteiger partial charge on any atom is -0.271 e. The van der Waals surface area contributed by atoms with E-state index in [4.69, 9.17) is 5.84 Å². The second-order valence-electron chi connectivity index (χ2n) is 4.94. The molecule has 0 aliphatic carbocycles. The molecule has 4 nitrogen and oxygen atoms in total. The number of aromatic nitrogens is 2. The quantitative estimate of drug-likeness (QED) is 0.629. The maximum atomic E-state index is 5.71. The molecule has 0 saturated heterocycles. The summed E-state index contributed by atoms with van der Waals surface area (Å²) in [6.45, 7) is 2.11. The molecule has 0 aliphatic heterocycles. The molecule has 0 fully saturated rings. The number of hydrogen-bond acceptors (Lipinski definition) is 3. The van der Waals surface area contributed by atoms with Gasteiger partial charge in [0.2, 0.25) is 0 Å². The predicted octanol–water partition coefficient (Wildman–Crippen LogP) is 2.36. The Morgan fingerprint density at radius 2 is 2.00 bits per heavy atom. The Morgan fingerprint density at radius 1 is 1.30 bits per heavy atom. The van der Waals surface area contributed by atoms with E-state index in [1.54, 1.807) is 0 Å². The third-order valence-electron chi connectivity index (χ3n) is 3.50. The smallest absolute Gasteiger partial charge is 0.0766 e. The van der Waals surface area contributed by atoms with Crippen LogP contribution in [-0.2, 0) is 26.3 Å². The highest BCUT2D eigenvalue weighted by Crippen LogP contribution is 2.23. The molecule has 1 aromatic heterocycles. The molecule has 1 atom stereocenters. The number of rotatable bonds is 6. The second-order valence-corrected chi connectivity index (χ2v) is 5.73. The molecule has 3 N–H and O–H groups in total. The zero-order chi connectivity index (χ0) is 14.5. The fourth-order valence-electron chi connectivity index (χ4n) is 2.36. The van der Waals surface area contributed by atoms with Gasteiger partial charge in [0.25, 0.3) is 0 Å². The molecule has 0 spiro atoms. The van der Waals surface area contributed by atoms with Crippen LogP contribution in [0.25, 0.3) is 0 Å². The van der Waals surface area contributed by atoms with E-state index in [9.17, 15) is 0 Å². The van der Waals surface area contributed by atoms with Crippen LogP contribution >= 0.6 is 15.9 Å². The van der Waals surface area contributed by atoms with Crippen molar-refractivity contribution in [3.63, 3.8) is 0 Å². The largest absolute Gasteiger partial charge is 0.271 e. The summed E-state index contributed by atoms with van der Waals surface area (Å²) in [7, 11) is 1.98. The summed E-state index contributed by atoms with van der Waals surface area (Å²) in [5.74, 6) is 5.71. The van der Waals surface area contributed by atoms with Gasteiger partial charge in [0.1, 0.15) is 0 Å². The van der Waals surface area contributed by atoms with Gasteiger partial charge >= 0.3 is 0 Å². The molecule has 2 aromatic rings. The molecule has 0 aliphatic rings. The predicted molar refractivity (Wildman–Crippen MR) is 85.2 cm³/mol. The number of hydrogen-bond donors (Lipinski definition) is 2. The minimum atomic E-state index is 0.189. The van der Waals surface area contributed by atoms with Gasteiger partial charge in [-0.05, 0) is 34.3 Å². The van der Waals surface area contributed by atoms with Crippen molar-refractivity contribution < 1.29 is 0 Å². The first-order valence-electron chi connectivity index (χ1n) is 6.86. The molecule has 20 heavy (non-hydrogen) atoms. The van der Waals surface area contributed by atoms with Crippen LogP contribution in [0, 0.1) is 0 Å². The third-order valence-corrected chi connectivity index (χ3v) is 4.42. The van der Waals surface area contributed by atoms with E-state index >= 15 is 0 Å². The summed E-state index contributed by atoms with van der Waals surface area (Å²) >= 11 is 3.65. The highest BCUT2D eigenvalue weighted by molar-refractivity contribution is 9.10. The van der Waals surface area contributed by atoms with Gasteiger partial charge in [0, 0.05) is 19.5 Å². The Kier molecular flexibility index (Phi) is 5.34. The zero-order valence-electron chi connectivity index (χ0n) is 11.9. The van der Waals surface area contributed by atoms with Gasteiger partial charge in [-0.25, -0.2) is 0 Å². The fraction of sp³-hybridized carbons (Fsp3) is 0.400. The Morgan fingerprint density at radius 3 is 2.55 bits per heavy atom. The number of nitrogens with one attached hydrogen (secondary N) is 1. The summed E-state index contributed by atoms with van der Waals surface area (Å²) in [6, 6.07) is 10.6. The van der Waals surface area contributed by atoms with E-state index in [-0.39, 0.29) is 6.04 Å². The summed E-state index contributed by atoms with van der Waals surface area (Å²) in [4.78, 5) is 0. The number of benzene rings is 1. The van der Waals surface area contributed by atoms with Crippen LogP contribution in [-0.4, -0.2) is 15.8 Å². The van der Waals surface area contributed by atoms with Gasteiger partial charge in [-0.1, -0.05) is 37.3 Å². The molecule has 0 saturated carbocycles.